The highest BCUT2D eigenvalue weighted by molar-refractivity contribution is 5.17. The van der Waals surface area contributed by atoms with E-state index in [1.807, 2.05) is 13.0 Å². The van der Waals surface area contributed by atoms with Crippen molar-refractivity contribution in [2.75, 3.05) is 6.54 Å². The van der Waals surface area contributed by atoms with Gasteiger partial charge in [-0.05, 0) is 45.9 Å². The first-order valence-corrected chi connectivity index (χ1v) is 4.91. The molecule has 1 aromatic rings. The highest BCUT2D eigenvalue weighted by Gasteiger charge is 2.36. The first kappa shape index (κ1) is 8.82. The molecule has 0 bridgehead atoms. The average molecular weight is 179 g/mol. The van der Waals surface area contributed by atoms with Crippen LogP contribution in [-0.2, 0) is 0 Å². The average Bonchev–Trinajstić information content (AvgIpc) is 2.56. The Labute approximate surface area is 79.3 Å². The van der Waals surface area contributed by atoms with Crippen LogP contribution in [0.4, 0.5) is 0 Å². The molecule has 0 radical (unpaired) electrons. The number of hydrogen-bond acceptors (Lipinski definition) is 2. The molecule has 72 valence electrons. The molecular formula is C11H17NO. The molecule has 0 aliphatic carbocycles. The molecule has 2 nitrogen and oxygen atoms in total. The van der Waals surface area contributed by atoms with Gasteiger partial charge >= 0.3 is 0 Å². The van der Waals surface area contributed by atoms with Crippen molar-refractivity contribution in [1.82, 2.24) is 5.32 Å². The summed E-state index contributed by atoms with van der Waals surface area (Å²) in [5, 5.41) is 3.49. The Bertz CT molecular complexity index is 301. The van der Waals surface area contributed by atoms with Crippen molar-refractivity contribution in [2.45, 2.75) is 38.6 Å². The van der Waals surface area contributed by atoms with Crippen LogP contribution in [0.5, 0.6) is 0 Å². The predicted molar refractivity (Wildman–Crippen MR) is 52.9 cm³/mol. The minimum Gasteiger partial charge on any atom is -0.466 e. The number of aryl methyl sites for hydroxylation is 1. The minimum absolute atomic E-state index is 0.185. The van der Waals surface area contributed by atoms with E-state index in [0.717, 1.165) is 18.1 Å². The summed E-state index contributed by atoms with van der Waals surface area (Å²) in [6.07, 6.45) is 1.18. The van der Waals surface area contributed by atoms with Gasteiger partial charge < -0.3 is 9.73 Å². The molecule has 1 atom stereocenters. The second-order valence-electron chi connectivity index (χ2n) is 4.44. The smallest absolute Gasteiger partial charge is 0.109 e. The van der Waals surface area contributed by atoms with Crippen LogP contribution < -0.4 is 5.32 Å². The van der Waals surface area contributed by atoms with Gasteiger partial charge in [-0.25, -0.2) is 0 Å². The van der Waals surface area contributed by atoms with E-state index in [4.69, 9.17) is 4.42 Å². The SMILES string of the molecule is Cc1ccc(C2CCNC2(C)C)o1. The Morgan fingerprint density at radius 3 is 2.69 bits per heavy atom. The molecule has 13 heavy (non-hydrogen) atoms. The monoisotopic (exact) mass is 179 g/mol. The maximum atomic E-state index is 5.66. The Morgan fingerprint density at radius 1 is 1.46 bits per heavy atom. The zero-order valence-corrected chi connectivity index (χ0v) is 8.55. The van der Waals surface area contributed by atoms with Gasteiger partial charge in [-0.2, -0.15) is 0 Å². The highest BCUT2D eigenvalue weighted by atomic mass is 16.3. The summed E-state index contributed by atoms with van der Waals surface area (Å²) in [6, 6.07) is 4.15. The van der Waals surface area contributed by atoms with Gasteiger partial charge in [0.15, 0.2) is 0 Å². The first-order chi connectivity index (χ1) is 6.09. The fourth-order valence-electron chi connectivity index (χ4n) is 2.16. The van der Waals surface area contributed by atoms with Crippen molar-refractivity contribution in [3.63, 3.8) is 0 Å². The Kier molecular flexibility index (Phi) is 1.95. The van der Waals surface area contributed by atoms with Crippen LogP contribution in [0.2, 0.25) is 0 Å². The highest BCUT2D eigenvalue weighted by Crippen LogP contribution is 2.35. The van der Waals surface area contributed by atoms with Crippen LogP contribution in [0.3, 0.4) is 0 Å². The van der Waals surface area contributed by atoms with Gasteiger partial charge in [-0.3, -0.25) is 0 Å². The molecule has 1 aliphatic rings. The van der Waals surface area contributed by atoms with Gasteiger partial charge in [0.05, 0.1) is 0 Å². The molecule has 0 aromatic carbocycles. The first-order valence-electron chi connectivity index (χ1n) is 4.91. The summed E-state index contributed by atoms with van der Waals surface area (Å²) in [5.41, 5.74) is 0.185. The molecule has 2 heterocycles. The standard InChI is InChI=1S/C11H17NO/c1-8-4-5-10(13-8)9-6-7-12-11(9,2)3/h4-5,9,12H,6-7H2,1-3H3. The van der Waals surface area contributed by atoms with E-state index >= 15 is 0 Å². The topological polar surface area (TPSA) is 25.2 Å². The van der Waals surface area contributed by atoms with Gasteiger partial charge in [-0.15, -0.1) is 0 Å². The summed E-state index contributed by atoms with van der Waals surface area (Å²) in [6.45, 7) is 7.57. The van der Waals surface area contributed by atoms with Gasteiger partial charge in [0.1, 0.15) is 11.5 Å². The molecule has 0 amide bonds. The molecule has 0 saturated carbocycles. The van der Waals surface area contributed by atoms with E-state index in [0.29, 0.717) is 5.92 Å². The molecule has 1 saturated heterocycles. The fraction of sp³-hybridized carbons (Fsp3) is 0.636. The second kappa shape index (κ2) is 2.88. The number of hydrogen-bond donors (Lipinski definition) is 1. The summed E-state index contributed by atoms with van der Waals surface area (Å²) >= 11 is 0. The predicted octanol–water partition coefficient (Wildman–Crippen LogP) is 2.44. The van der Waals surface area contributed by atoms with Crippen LogP contribution in [-0.4, -0.2) is 12.1 Å². The van der Waals surface area contributed by atoms with E-state index in [2.05, 4.69) is 25.2 Å². The molecule has 1 N–H and O–H groups in total. The van der Waals surface area contributed by atoms with Crippen molar-refractivity contribution in [3.05, 3.63) is 23.7 Å². The Hall–Kier alpha value is -0.760. The lowest BCUT2D eigenvalue weighted by atomic mass is 9.87. The van der Waals surface area contributed by atoms with Gasteiger partial charge in [-0.1, -0.05) is 0 Å². The van der Waals surface area contributed by atoms with Crippen molar-refractivity contribution < 1.29 is 4.42 Å². The molecular weight excluding hydrogens is 162 g/mol. The Morgan fingerprint density at radius 2 is 2.23 bits per heavy atom. The zero-order chi connectivity index (χ0) is 9.47. The van der Waals surface area contributed by atoms with E-state index in [-0.39, 0.29) is 5.54 Å². The number of furan rings is 1. The summed E-state index contributed by atoms with van der Waals surface area (Å²) in [4.78, 5) is 0. The van der Waals surface area contributed by atoms with Crippen LogP contribution in [0.15, 0.2) is 16.5 Å². The van der Waals surface area contributed by atoms with Gasteiger partial charge in [0, 0.05) is 11.5 Å². The lowest BCUT2D eigenvalue weighted by Crippen LogP contribution is -2.36. The van der Waals surface area contributed by atoms with E-state index < -0.39 is 0 Å². The van der Waals surface area contributed by atoms with E-state index in [9.17, 15) is 0 Å². The van der Waals surface area contributed by atoms with Gasteiger partial charge in [0.2, 0.25) is 0 Å². The maximum Gasteiger partial charge on any atom is 0.109 e. The third kappa shape index (κ3) is 1.51. The Balaban J connectivity index is 2.26. The third-order valence-corrected chi connectivity index (χ3v) is 2.99. The van der Waals surface area contributed by atoms with Crippen LogP contribution >= 0.6 is 0 Å². The van der Waals surface area contributed by atoms with E-state index in [1.165, 1.54) is 6.42 Å². The lowest BCUT2D eigenvalue weighted by Gasteiger charge is -2.25. The fourth-order valence-corrected chi connectivity index (χ4v) is 2.16. The van der Waals surface area contributed by atoms with Crippen molar-refractivity contribution in [3.8, 4) is 0 Å². The largest absolute Gasteiger partial charge is 0.466 e. The number of rotatable bonds is 1. The molecule has 1 unspecified atom stereocenters. The van der Waals surface area contributed by atoms with Gasteiger partial charge in [0.25, 0.3) is 0 Å². The molecule has 0 spiro atoms. The van der Waals surface area contributed by atoms with Crippen molar-refractivity contribution in [2.24, 2.45) is 0 Å². The maximum absolute atomic E-state index is 5.66. The quantitative estimate of drug-likeness (QED) is 0.716. The van der Waals surface area contributed by atoms with Crippen LogP contribution in [0.1, 0.15) is 37.7 Å². The lowest BCUT2D eigenvalue weighted by molar-refractivity contribution is 0.350. The normalized spacial score (nSPS) is 26.5. The zero-order valence-electron chi connectivity index (χ0n) is 8.55. The van der Waals surface area contributed by atoms with Crippen LogP contribution in [0.25, 0.3) is 0 Å². The van der Waals surface area contributed by atoms with E-state index in [1.54, 1.807) is 0 Å². The summed E-state index contributed by atoms with van der Waals surface area (Å²) in [5.74, 6) is 2.67. The summed E-state index contributed by atoms with van der Waals surface area (Å²) in [7, 11) is 0. The molecule has 1 aromatic heterocycles. The second-order valence-corrected chi connectivity index (χ2v) is 4.44. The molecule has 1 fully saturated rings. The van der Waals surface area contributed by atoms with Crippen molar-refractivity contribution >= 4 is 0 Å². The third-order valence-electron chi connectivity index (χ3n) is 2.99. The minimum atomic E-state index is 0.185. The number of nitrogens with one attached hydrogen (secondary N) is 1. The van der Waals surface area contributed by atoms with Crippen LogP contribution in [0, 0.1) is 6.92 Å². The molecule has 2 heteroatoms. The molecule has 1 aliphatic heterocycles. The summed E-state index contributed by atoms with van der Waals surface area (Å²) < 4.78 is 5.66. The molecule has 2 rings (SSSR count). The van der Waals surface area contributed by atoms with Crippen molar-refractivity contribution in [1.29, 1.82) is 0 Å².